The lowest BCUT2D eigenvalue weighted by molar-refractivity contribution is 1.10. The minimum atomic E-state index is -1.85. The summed E-state index contributed by atoms with van der Waals surface area (Å²) >= 11 is 45.3. The second kappa shape index (κ2) is 6.98. The third-order valence-electron chi connectivity index (χ3n) is 0.321. The fourth-order valence-electron chi connectivity index (χ4n) is 0. The monoisotopic (exact) mass is 352 g/mol. The zero-order valence-corrected chi connectivity index (χ0v) is 11.8. The van der Waals surface area contributed by atoms with Gasteiger partial charge in [-0.15, -0.1) is 0 Å². The first-order chi connectivity index (χ1) is 4.98. The van der Waals surface area contributed by atoms with Gasteiger partial charge >= 0.3 is 0 Å². The van der Waals surface area contributed by atoms with E-state index in [1.54, 1.807) is 0 Å². The van der Waals surface area contributed by atoms with E-state index in [0.717, 1.165) is 0 Å². The molecule has 0 radical (unpaired) electrons. The van der Waals surface area contributed by atoms with Crippen molar-refractivity contribution >= 4 is 104 Å². The van der Waals surface area contributed by atoms with Gasteiger partial charge in [0.2, 0.25) is 7.59 Å². The molecule has 0 aromatic carbocycles. The van der Waals surface area contributed by atoms with Gasteiger partial charge in [-0.3, -0.25) is 0 Å². The van der Waals surface area contributed by atoms with Gasteiger partial charge in [-0.2, -0.15) is 0 Å². The summed E-state index contributed by atoms with van der Waals surface area (Å²) < 4.78 is -4.45. The van der Waals surface area contributed by atoms with Crippen LogP contribution in [0.3, 0.4) is 0 Å². The zero-order chi connectivity index (χ0) is 10.6. The van der Waals surface area contributed by atoms with Crippen molar-refractivity contribution in [1.29, 1.82) is 0 Å². The summed E-state index contributed by atoms with van der Waals surface area (Å²) in [5.74, 6) is 0. The van der Waals surface area contributed by atoms with Crippen molar-refractivity contribution in [2.45, 2.75) is 11.9 Å². The highest BCUT2D eigenvalue weighted by Gasteiger charge is 2.43. The van der Waals surface area contributed by atoms with Gasteiger partial charge in [0, 0.05) is 0 Å². The fourth-order valence-corrected chi connectivity index (χ4v) is 0. The van der Waals surface area contributed by atoms with Crippen molar-refractivity contribution in [3.8, 4) is 0 Å². The Labute approximate surface area is 115 Å². The number of halogens is 9. The number of hydrogen-bond donors (Lipinski definition) is 0. The van der Waals surface area contributed by atoms with Crippen LogP contribution in [0.2, 0.25) is 0 Å². The average Bonchev–Trinajstić information content (AvgIpc) is 1.55. The standard InChI is InChI=1S/C2Cl6.CHCl3/c3-1(4,5)2(6,7)8;2-1(3)4/h;1H. The molecule has 0 aliphatic carbocycles. The minimum absolute atomic E-state index is 0.750. The maximum atomic E-state index is 5.14. The van der Waals surface area contributed by atoms with E-state index >= 15 is 0 Å². The van der Waals surface area contributed by atoms with E-state index in [1.165, 1.54) is 0 Å². The van der Waals surface area contributed by atoms with Crippen molar-refractivity contribution in [2.75, 3.05) is 0 Å². The summed E-state index contributed by atoms with van der Waals surface area (Å²) in [6.07, 6.45) is 0. The molecule has 0 N–H and O–H groups in total. The van der Waals surface area contributed by atoms with Crippen LogP contribution in [0.15, 0.2) is 0 Å². The van der Waals surface area contributed by atoms with E-state index in [-0.39, 0.29) is 0 Å². The molecule has 0 atom stereocenters. The Morgan fingerprint density at radius 1 is 0.583 bits per heavy atom. The zero-order valence-electron chi connectivity index (χ0n) is 4.98. The lowest BCUT2D eigenvalue weighted by Crippen LogP contribution is -2.23. The Morgan fingerprint density at radius 3 is 0.667 bits per heavy atom. The molecule has 0 aromatic heterocycles. The summed E-state index contributed by atoms with van der Waals surface area (Å²) in [5, 5.41) is 0. The van der Waals surface area contributed by atoms with Crippen molar-refractivity contribution in [2.24, 2.45) is 0 Å². The summed E-state index contributed by atoms with van der Waals surface area (Å²) in [5.41, 5.74) is 0. The Balaban J connectivity index is 0. The predicted molar refractivity (Wildman–Crippen MR) is 61.9 cm³/mol. The van der Waals surface area contributed by atoms with Crippen molar-refractivity contribution in [3.63, 3.8) is 0 Å². The van der Waals surface area contributed by atoms with Gasteiger partial charge in [0.15, 0.2) is 4.30 Å². The molecule has 0 saturated heterocycles. The van der Waals surface area contributed by atoms with E-state index in [2.05, 4.69) is 0 Å². The van der Waals surface area contributed by atoms with Crippen LogP contribution in [0.5, 0.6) is 0 Å². The molecule has 0 spiro atoms. The van der Waals surface area contributed by atoms with Crippen LogP contribution in [-0.4, -0.2) is 11.9 Å². The Hall–Kier alpha value is 2.61. The van der Waals surface area contributed by atoms with Gasteiger partial charge in [-0.1, -0.05) is 104 Å². The molecule has 0 aliphatic rings. The second-order valence-corrected chi connectivity index (χ2v) is 7.78. The highest BCUT2D eigenvalue weighted by atomic mass is 35.6. The third kappa shape index (κ3) is 12.6. The van der Waals surface area contributed by atoms with Gasteiger partial charge in [0.05, 0.1) is 0 Å². The van der Waals surface area contributed by atoms with Crippen LogP contribution < -0.4 is 0 Å². The Bertz CT molecular complexity index is 91.2. The maximum absolute atomic E-state index is 5.14. The lowest BCUT2D eigenvalue weighted by atomic mass is 10.9. The molecule has 0 heterocycles. The number of rotatable bonds is 0. The van der Waals surface area contributed by atoms with Crippen molar-refractivity contribution in [1.82, 2.24) is 0 Å². The molecule has 0 unspecified atom stereocenters. The molecule has 0 saturated carbocycles. The molecule has 12 heavy (non-hydrogen) atoms. The highest BCUT2D eigenvalue weighted by molar-refractivity contribution is 6.83. The molecule has 0 nitrogen and oxygen atoms in total. The van der Waals surface area contributed by atoms with E-state index in [0.29, 0.717) is 0 Å². The van der Waals surface area contributed by atoms with Gasteiger partial charge in [-0.05, 0) is 0 Å². The fraction of sp³-hybridized carbons (Fsp3) is 1.00. The molecule has 76 valence electrons. The molecule has 0 aromatic rings. The molecule has 0 aliphatic heterocycles. The third-order valence-corrected chi connectivity index (χ3v) is 2.89. The predicted octanol–water partition coefficient (Wildman–Crippen LogP) is 5.71. The van der Waals surface area contributed by atoms with Crippen LogP contribution in [0.1, 0.15) is 0 Å². The van der Waals surface area contributed by atoms with E-state index in [9.17, 15) is 0 Å². The smallest absolute Gasteiger partial charge is 0.0874 e. The Kier molecular flexibility index (Phi) is 9.90. The molecule has 9 heteroatoms. The summed E-state index contributed by atoms with van der Waals surface area (Å²) in [6, 6.07) is 0. The van der Waals surface area contributed by atoms with Crippen LogP contribution in [0.25, 0.3) is 0 Å². The molecule has 0 fully saturated rings. The van der Waals surface area contributed by atoms with Gasteiger partial charge < -0.3 is 0 Å². The SMILES string of the molecule is ClC(Cl)(Cl)C(Cl)(Cl)Cl.ClC(Cl)Cl. The lowest BCUT2D eigenvalue weighted by Gasteiger charge is -2.19. The van der Waals surface area contributed by atoms with E-state index in [4.69, 9.17) is 104 Å². The molecular weight excluding hydrogens is 355 g/mol. The minimum Gasteiger partial charge on any atom is -0.0874 e. The number of alkyl halides is 9. The second-order valence-electron chi connectivity index (χ2n) is 1.24. The quantitative estimate of drug-likeness (QED) is 0.488. The first-order valence-corrected chi connectivity index (χ1v) is 5.62. The summed E-state index contributed by atoms with van der Waals surface area (Å²) in [6.45, 7) is 0. The summed E-state index contributed by atoms with van der Waals surface area (Å²) in [4.78, 5) is 0. The number of hydrogen-bond acceptors (Lipinski definition) is 0. The molecule has 0 bridgehead atoms. The Morgan fingerprint density at radius 2 is 0.667 bits per heavy atom. The van der Waals surface area contributed by atoms with Gasteiger partial charge in [0.25, 0.3) is 0 Å². The topological polar surface area (TPSA) is 0 Å². The van der Waals surface area contributed by atoms with Gasteiger partial charge in [-0.25, -0.2) is 0 Å². The van der Waals surface area contributed by atoms with Crippen LogP contribution in [0.4, 0.5) is 0 Å². The van der Waals surface area contributed by atoms with Gasteiger partial charge in [0.1, 0.15) is 0 Å². The van der Waals surface area contributed by atoms with E-state index < -0.39 is 11.9 Å². The van der Waals surface area contributed by atoms with E-state index in [1.807, 2.05) is 0 Å². The first-order valence-electron chi connectivity index (χ1n) is 2.04. The molecular formula is C3HCl9. The van der Waals surface area contributed by atoms with Crippen LogP contribution in [0, 0.1) is 0 Å². The van der Waals surface area contributed by atoms with Crippen LogP contribution >= 0.6 is 104 Å². The summed E-state index contributed by atoms with van der Waals surface area (Å²) in [7, 11) is 0. The normalized spacial score (nSPS) is 12.5. The van der Waals surface area contributed by atoms with Crippen molar-refractivity contribution < 1.29 is 0 Å². The largest absolute Gasteiger partial charge is 0.236 e. The van der Waals surface area contributed by atoms with Crippen molar-refractivity contribution in [3.05, 3.63) is 0 Å². The first kappa shape index (κ1) is 17.0. The maximum Gasteiger partial charge on any atom is 0.236 e. The average molecular weight is 356 g/mol. The molecule has 0 rings (SSSR count). The highest BCUT2D eigenvalue weighted by Crippen LogP contribution is 2.48. The van der Waals surface area contributed by atoms with Crippen LogP contribution in [-0.2, 0) is 0 Å². The molecule has 0 amide bonds.